The monoisotopic (exact) mass is 296 g/mol. The fourth-order valence-corrected chi connectivity index (χ4v) is 3.13. The van der Waals surface area contributed by atoms with E-state index in [4.69, 9.17) is 10.5 Å². The molecular formula is C13H13FN2O3S. The van der Waals surface area contributed by atoms with Crippen LogP contribution in [-0.4, -0.2) is 20.5 Å². The molecule has 0 unspecified atom stereocenters. The molecule has 5 nitrogen and oxygen atoms in total. The van der Waals surface area contributed by atoms with Crippen molar-refractivity contribution < 1.29 is 17.5 Å². The molecule has 0 aliphatic rings. The lowest BCUT2D eigenvalue weighted by Crippen LogP contribution is -2.09. The number of ether oxygens (including phenoxy) is 1. The van der Waals surface area contributed by atoms with E-state index in [-0.39, 0.29) is 16.3 Å². The van der Waals surface area contributed by atoms with Gasteiger partial charge in [-0.15, -0.1) is 0 Å². The van der Waals surface area contributed by atoms with Crippen molar-refractivity contribution in [3.63, 3.8) is 0 Å². The highest BCUT2D eigenvalue weighted by Gasteiger charge is 2.19. The molecule has 0 saturated carbocycles. The number of benzene rings is 1. The van der Waals surface area contributed by atoms with Gasteiger partial charge in [-0.2, -0.15) is 0 Å². The van der Waals surface area contributed by atoms with E-state index in [9.17, 15) is 12.8 Å². The smallest absolute Gasteiger partial charge is 0.213 e. The summed E-state index contributed by atoms with van der Waals surface area (Å²) in [6.45, 7) is 0. The van der Waals surface area contributed by atoms with E-state index in [1.165, 1.54) is 7.11 Å². The molecule has 0 spiro atoms. The molecule has 0 aliphatic carbocycles. The standard InChI is InChI=1S/C13H13FN2O3S/c1-19-13-4-2-3-10(16-13)8-20(17,18)12-6-5-9(14)7-11(12)15/h2-7H,8,15H2,1H3. The van der Waals surface area contributed by atoms with Crippen LogP contribution in [0.25, 0.3) is 0 Å². The Bertz CT molecular complexity index is 732. The van der Waals surface area contributed by atoms with Crippen LogP contribution in [0.4, 0.5) is 10.1 Å². The molecule has 0 saturated heterocycles. The van der Waals surface area contributed by atoms with Crippen LogP contribution in [0.1, 0.15) is 5.69 Å². The quantitative estimate of drug-likeness (QED) is 0.687. The number of hydrogen-bond donors (Lipinski definition) is 1. The summed E-state index contributed by atoms with van der Waals surface area (Å²) in [5.41, 5.74) is 5.76. The van der Waals surface area contributed by atoms with Gasteiger partial charge in [0.1, 0.15) is 5.82 Å². The summed E-state index contributed by atoms with van der Waals surface area (Å²) in [7, 11) is -2.25. The second-order valence-electron chi connectivity index (χ2n) is 4.11. The van der Waals surface area contributed by atoms with Gasteiger partial charge in [-0.05, 0) is 24.3 Å². The number of sulfone groups is 1. The molecule has 2 aromatic rings. The van der Waals surface area contributed by atoms with Crippen LogP contribution in [0.2, 0.25) is 0 Å². The van der Waals surface area contributed by atoms with Gasteiger partial charge in [0.25, 0.3) is 0 Å². The topological polar surface area (TPSA) is 82.3 Å². The number of pyridine rings is 1. The molecule has 1 heterocycles. The summed E-state index contributed by atoms with van der Waals surface area (Å²) in [4.78, 5) is 3.93. The Hall–Kier alpha value is -2.15. The average molecular weight is 296 g/mol. The van der Waals surface area contributed by atoms with E-state index in [2.05, 4.69) is 4.98 Å². The maximum absolute atomic E-state index is 13.0. The van der Waals surface area contributed by atoms with Gasteiger partial charge in [-0.1, -0.05) is 6.07 Å². The van der Waals surface area contributed by atoms with Gasteiger partial charge in [-0.25, -0.2) is 17.8 Å². The van der Waals surface area contributed by atoms with Gasteiger partial charge in [0.05, 0.1) is 29.1 Å². The molecule has 2 rings (SSSR count). The molecule has 20 heavy (non-hydrogen) atoms. The van der Waals surface area contributed by atoms with Gasteiger partial charge in [-0.3, -0.25) is 0 Å². The van der Waals surface area contributed by atoms with Crippen LogP contribution in [0.15, 0.2) is 41.3 Å². The lowest BCUT2D eigenvalue weighted by atomic mass is 10.3. The minimum Gasteiger partial charge on any atom is -0.481 e. The third kappa shape index (κ3) is 3.05. The minimum absolute atomic E-state index is 0.108. The summed E-state index contributed by atoms with van der Waals surface area (Å²) in [5, 5.41) is 0. The predicted molar refractivity (Wildman–Crippen MR) is 72.5 cm³/mol. The first-order valence-corrected chi connectivity index (χ1v) is 7.35. The Morgan fingerprint density at radius 1 is 1.30 bits per heavy atom. The molecular weight excluding hydrogens is 283 g/mol. The van der Waals surface area contributed by atoms with E-state index in [1.54, 1.807) is 18.2 Å². The van der Waals surface area contributed by atoms with Crippen molar-refractivity contribution >= 4 is 15.5 Å². The molecule has 0 bridgehead atoms. The van der Waals surface area contributed by atoms with E-state index in [0.29, 0.717) is 11.6 Å². The Balaban J connectivity index is 2.35. The third-order valence-electron chi connectivity index (χ3n) is 2.64. The molecule has 0 amide bonds. The van der Waals surface area contributed by atoms with Crippen LogP contribution >= 0.6 is 0 Å². The largest absolute Gasteiger partial charge is 0.481 e. The molecule has 1 aromatic heterocycles. The summed E-state index contributed by atoms with van der Waals surface area (Å²) < 4.78 is 42.4. The second-order valence-corrected chi connectivity index (χ2v) is 6.07. The lowest BCUT2D eigenvalue weighted by Gasteiger charge is -2.08. The summed E-state index contributed by atoms with van der Waals surface area (Å²) in [5.74, 6) is -0.592. The summed E-state index contributed by atoms with van der Waals surface area (Å²) >= 11 is 0. The zero-order valence-electron chi connectivity index (χ0n) is 10.7. The van der Waals surface area contributed by atoms with Crippen molar-refractivity contribution in [2.45, 2.75) is 10.6 Å². The van der Waals surface area contributed by atoms with Crippen LogP contribution in [0.5, 0.6) is 5.88 Å². The first-order chi connectivity index (χ1) is 9.42. The van der Waals surface area contributed by atoms with Crippen molar-refractivity contribution in [1.29, 1.82) is 0 Å². The zero-order chi connectivity index (χ0) is 14.8. The average Bonchev–Trinajstić information content (AvgIpc) is 2.37. The number of methoxy groups -OCH3 is 1. The van der Waals surface area contributed by atoms with Crippen LogP contribution < -0.4 is 10.5 Å². The maximum Gasteiger partial charge on any atom is 0.213 e. The third-order valence-corrected chi connectivity index (χ3v) is 4.35. The molecule has 1 aromatic carbocycles. The van der Waals surface area contributed by atoms with Crippen molar-refractivity contribution in [1.82, 2.24) is 4.98 Å². The SMILES string of the molecule is COc1cccc(CS(=O)(=O)c2ccc(F)cc2N)n1. The first-order valence-electron chi connectivity index (χ1n) is 5.70. The van der Waals surface area contributed by atoms with Gasteiger partial charge >= 0.3 is 0 Å². The number of nitrogens with two attached hydrogens (primary N) is 1. The van der Waals surface area contributed by atoms with E-state index < -0.39 is 15.7 Å². The van der Waals surface area contributed by atoms with Crippen molar-refractivity contribution in [3.05, 3.63) is 47.9 Å². The number of nitrogen functional groups attached to an aromatic ring is 1. The van der Waals surface area contributed by atoms with Gasteiger partial charge in [0.15, 0.2) is 9.84 Å². The number of aromatic nitrogens is 1. The lowest BCUT2D eigenvalue weighted by molar-refractivity contribution is 0.396. The van der Waals surface area contributed by atoms with Crippen LogP contribution in [0, 0.1) is 5.82 Å². The fraction of sp³-hybridized carbons (Fsp3) is 0.154. The van der Waals surface area contributed by atoms with Crippen molar-refractivity contribution in [2.75, 3.05) is 12.8 Å². The van der Waals surface area contributed by atoms with Crippen molar-refractivity contribution in [3.8, 4) is 5.88 Å². The first kappa shape index (κ1) is 14.3. The Morgan fingerprint density at radius 3 is 2.70 bits per heavy atom. The Labute approximate surface area is 116 Å². The zero-order valence-corrected chi connectivity index (χ0v) is 11.5. The highest BCUT2D eigenvalue weighted by Crippen LogP contribution is 2.23. The van der Waals surface area contributed by atoms with Crippen molar-refractivity contribution in [2.24, 2.45) is 0 Å². The van der Waals surface area contributed by atoms with Crippen LogP contribution in [0.3, 0.4) is 0 Å². The minimum atomic E-state index is -3.70. The molecule has 0 aliphatic heterocycles. The number of halogens is 1. The molecule has 2 N–H and O–H groups in total. The molecule has 0 fully saturated rings. The fourth-order valence-electron chi connectivity index (χ4n) is 1.73. The summed E-state index contributed by atoms with van der Waals surface area (Å²) in [6, 6.07) is 8.02. The van der Waals surface area contributed by atoms with Crippen LogP contribution in [-0.2, 0) is 15.6 Å². The molecule has 7 heteroatoms. The Morgan fingerprint density at radius 2 is 2.05 bits per heavy atom. The summed E-state index contributed by atoms with van der Waals surface area (Å²) in [6.07, 6.45) is 0. The van der Waals surface area contributed by atoms with Gasteiger partial charge < -0.3 is 10.5 Å². The molecule has 0 radical (unpaired) electrons. The van der Waals surface area contributed by atoms with Gasteiger partial charge in [0.2, 0.25) is 5.88 Å². The Kier molecular flexibility index (Phi) is 3.89. The maximum atomic E-state index is 13.0. The number of anilines is 1. The number of rotatable bonds is 4. The van der Waals surface area contributed by atoms with E-state index in [1.807, 2.05) is 0 Å². The highest BCUT2D eigenvalue weighted by atomic mass is 32.2. The molecule has 0 atom stereocenters. The number of hydrogen-bond acceptors (Lipinski definition) is 5. The second kappa shape index (κ2) is 5.46. The van der Waals surface area contributed by atoms with E-state index >= 15 is 0 Å². The van der Waals surface area contributed by atoms with Gasteiger partial charge in [0, 0.05) is 6.07 Å². The van der Waals surface area contributed by atoms with E-state index in [0.717, 1.165) is 18.2 Å². The number of nitrogens with zero attached hydrogens (tertiary/aromatic N) is 1. The molecule has 106 valence electrons. The normalized spacial score (nSPS) is 11.3. The predicted octanol–water partition coefficient (Wildman–Crippen LogP) is 1.79. The highest BCUT2D eigenvalue weighted by molar-refractivity contribution is 7.90.